The lowest BCUT2D eigenvalue weighted by Gasteiger charge is -2.38. The van der Waals surface area contributed by atoms with Gasteiger partial charge in [-0.1, -0.05) is 30.3 Å². The molecule has 1 amide bonds. The van der Waals surface area contributed by atoms with Crippen molar-refractivity contribution in [1.82, 2.24) is 34.5 Å². The summed E-state index contributed by atoms with van der Waals surface area (Å²) in [4.78, 5) is 36.3. The van der Waals surface area contributed by atoms with Crippen LogP contribution in [-0.2, 0) is 31.4 Å². The molecule has 0 atom stereocenters. The number of likely N-dealkylation sites (tertiary alicyclic amines) is 1. The number of halogens is 1. The topological polar surface area (TPSA) is 141 Å². The van der Waals surface area contributed by atoms with Crippen molar-refractivity contribution in [3.63, 3.8) is 0 Å². The Morgan fingerprint density at radius 3 is 2.47 bits per heavy atom. The van der Waals surface area contributed by atoms with Crippen LogP contribution in [0.1, 0.15) is 44.7 Å². The number of amides is 1. The molecule has 1 aliphatic rings. The molecule has 5 aromatic rings. The van der Waals surface area contributed by atoms with Gasteiger partial charge in [0.2, 0.25) is 5.89 Å². The van der Waals surface area contributed by atoms with E-state index in [0.717, 1.165) is 11.1 Å². The maximum atomic E-state index is 14.9. The number of rotatable bonds is 8. The van der Waals surface area contributed by atoms with Gasteiger partial charge in [0, 0.05) is 49.9 Å². The maximum Gasteiger partial charge on any atom is 0.407 e. The lowest BCUT2D eigenvalue weighted by Crippen LogP contribution is -2.47. The van der Waals surface area contributed by atoms with Crippen molar-refractivity contribution in [2.75, 3.05) is 13.1 Å². The molecule has 0 aliphatic carbocycles. The number of aromatic nitrogens is 5. The average molecular weight is 644 g/mol. The summed E-state index contributed by atoms with van der Waals surface area (Å²) < 4.78 is 28.4. The van der Waals surface area contributed by atoms with Gasteiger partial charge in [-0.3, -0.25) is 18.9 Å². The third kappa shape index (κ3) is 7.26. The number of aryl methyl sites for hydroxylation is 1. The van der Waals surface area contributed by atoms with Gasteiger partial charge in [-0.2, -0.15) is 5.10 Å². The molecule has 0 radical (unpaired) electrons. The molecule has 2 aromatic carbocycles. The van der Waals surface area contributed by atoms with Gasteiger partial charge < -0.3 is 19.6 Å². The quantitative estimate of drug-likeness (QED) is 0.247. The number of ether oxygens (including phenoxy) is 1. The SMILES string of the molecule is Cn1nc2c(=O)n(CC3(O)CCN(Cc4ccc(-c5ncco5)cc4F)CC3)cnc2c1-c1ccc(CNC(=O)OC(C)(C)C)cc1. The Kier molecular flexibility index (Phi) is 8.68. The summed E-state index contributed by atoms with van der Waals surface area (Å²) in [5.41, 5.74) is 2.15. The molecule has 12 nitrogen and oxygen atoms in total. The largest absolute Gasteiger partial charge is 0.445 e. The minimum atomic E-state index is -1.12. The first kappa shape index (κ1) is 32.1. The van der Waals surface area contributed by atoms with Crippen LogP contribution >= 0.6 is 0 Å². The first-order chi connectivity index (χ1) is 22.4. The zero-order valence-corrected chi connectivity index (χ0v) is 26.9. The highest BCUT2D eigenvalue weighted by molar-refractivity contribution is 5.89. The summed E-state index contributed by atoms with van der Waals surface area (Å²) in [6, 6.07) is 12.5. The Bertz CT molecular complexity index is 1940. The fourth-order valence-electron chi connectivity index (χ4n) is 5.82. The van der Waals surface area contributed by atoms with Crippen LogP contribution < -0.4 is 10.9 Å². The minimum Gasteiger partial charge on any atom is -0.445 e. The van der Waals surface area contributed by atoms with Crippen molar-refractivity contribution in [1.29, 1.82) is 0 Å². The van der Waals surface area contributed by atoms with Crippen LogP contribution in [0.5, 0.6) is 0 Å². The van der Waals surface area contributed by atoms with E-state index >= 15 is 0 Å². The van der Waals surface area contributed by atoms with Gasteiger partial charge in [-0.05, 0) is 51.3 Å². The first-order valence-electron chi connectivity index (χ1n) is 15.5. The molecule has 1 saturated heterocycles. The van der Waals surface area contributed by atoms with Crippen LogP contribution in [0.25, 0.3) is 33.7 Å². The van der Waals surface area contributed by atoms with Crippen LogP contribution in [0.15, 0.2) is 70.5 Å². The van der Waals surface area contributed by atoms with E-state index < -0.39 is 17.3 Å². The summed E-state index contributed by atoms with van der Waals surface area (Å²) in [5.74, 6) is 0.0249. The van der Waals surface area contributed by atoms with Crippen LogP contribution in [0.2, 0.25) is 0 Å². The highest BCUT2D eigenvalue weighted by Crippen LogP contribution is 2.28. The second-order valence-electron chi connectivity index (χ2n) is 13.0. The smallest absolute Gasteiger partial charge is 0.407 e. The average Bonchev–Trinajstić information content (AvgIpc) is 3.68. The number of carbonyl (C=O) groups is 1. The van der Waals surface area contributed by atoms with Crippen molar-refractivity contribution in [3.05, 3.63) is 88.5 Å². The van der Waals surface area contributed by atoms with E-state index in [1.54, 1.807) is 23.9 Å². The number of aliphatic hydroxyl groups is 1. The molecule has 0 saturated carbocycles. The van der Waals surface area contributed by atoms with E-state index in [1.165, 1.54) is 29.4 Å². The van der Waals surface area contributed by atoms with Gasteiger partial charge in [0.15, 0.2) is 5.52 Å². The number of alkyl carbamates (subject to hydrolysis) is 1. The Morgan fingerprint density at radius 1 is 1.09 bits per heavy atom. The van der Waals surface area contributed by atoms with Crippen molar-refractivity contribution in [2.45, 2.75) is 64.4 Å². The van der Waals surface area contributed by atoms with E-state index in [1.807, 2.05) is 45.0 Å². The first-order valence-corrected chi connectivity index (χ1v) is 15.5. The lowest BCUT2D eigenvalue weighted by molar-refractivity contribution is -0.0366. The molecular formula is C34H38FN7O5. The predicted octanol–water partition coefficient (Wildman–Crippen LogP) is 4.64. The molecule has 3 aromatic heterocycles. The molecule has 4 heterocycles. The van der Waals surface area contributed by atoms with E-state index in [0.29, 0.717) is 67.2 Å². The molecule has 6 rings (SSSR count). The number of hydrogen-bond acceptors (Lipinski definition) is 9. The number of oxazole rings is 1. The maximum absolute atomic E-state index is 14.9. The van der Waals surface area contributed by atoms with Gasteiger partial charge in [0.1, 0.15) is 23.2 Å². The van der Waals surface area contributed by atoms with Crippen LogP contribution in [0.4, 0.5) is 9.18 Å². The molecular weight excluding hydrogens is 605 g/mol. The summed E-state index contributed by atoms with van der Waals surface area (Å²) >= 11 is 0. The third-order valence-corrected chi connectivity index (χ3v) is 8.25. The van der Waals surface area contributed by atoms with Crippen LogP contribution in [0.3, 0.4) is 0 Å². The van der Waals surface area contributed by atoms with Crippen LogP contribution in [-0.4, -0.2) is 64.7 Å². The second-order valence-corrected chi connectivity index (χ2v) is 13.0. The monoisotopic (exact) mass is 643 g/mol. The summed E-state index contributed by atoms with van der Waals surface area (Å²) in [6.45, 7) is 7.29. The summed E-state index contributed by atoms with van der Waals surface area (Å²) in [5, 5.41) is 18.7. The Labute approximate surface area is 270 Å². The standard InChI is InChI=1S/C34H38FN7O5/c1-33(2,3)47-32(44)37-18-22-5-7-23(8-6-22)29-27-28(39-40(29)4)31(43)42(21-38-27)20-34(45)11-14-41(15-12-34)19-25-10-9-24(17-26(25)35)30-36-13-16-46-30/h5-10,13,16-17,21,45H,11-12,14-15,18-20H2,1-4H3,(H,37,44). The van der Waals surface area contributed by atoms with E-state index in [4.69, 9.17) is 9.15 Å². The number of benzene rings is 2. The molecule has 0 spiro atoms. The molecule has 47 heavy (non-hydrogen) atoms. The van der Waals surface area contributed by atoms with E-state index in [9.17, 15) is 19.1 Å². The predicted molar refractivity (Wildman–Crippen MR) is 173 cm³/mol. The highest BCUT2D eigenvalue weighted by Gasteiger charge is 2.34. The van der Waals surface area contributed by atoms with E-state index in [2.05, 4.69) is 25.3 Å². The fourth-order valence-corrected chi connectivity index (χ4v) is 5.82. The molecule has 2 N–H and O–H groups in total. The fraction of sp³-hybridized carbons (Fsp3) is 0.382. The molecule has 1 aliphatic heterocycles. The number of piperidine rings is 1. The zero-order chi connectivity index (χ0) is 33.3. The number of nitrogens with zero attached hydrogens (tertiary/aromatic N) is 6. The number of carbonyl (C=O) groups excluding carboxylic acids is 1. The Morgan fingerprint density at radius 2 is 1.81 bits per heavy atom. The van der Waals surface area contributed by atoms with Gasteiger partial charge in [-0.25, -0.2) is 19.2 Å². The summed E-state index contributed by atoms with van der Waals surface area (Å²) in [7, 11) is 1.76. The summed E-state index contributed by atoms with van der Waals surface area (Å²) in [6.07, 6.45) is 4.76. The van der Waals surface area contributed by atoms with Gasteiger partial charge >= 0.3 is 6.09 Å². The molecule has 0 bridgehead atoms. The minimum absolute atomic E-state index is 0.0765. The van der Waals surface area contributed by atoms with Gasteiger partial charge in [0.25, 0.3) is 5.56 Å². The normalized spacial score (nSPS) is 15.2. The highest BCUT2D eigenvalue weighted by atomic mass is 19.1. The Hall–Kier alpha value is -4.88. The number of fused-ring (bicyclic) bond motifs is 1. The molecule has 246 valence electrons. The molecule has 0 unspecified atom stereocenters. The number of nitrogens with one attached hydrogen (secondary N) is 1. The van der Waals surface area contributed by atoms with Crippen LogP contribution in [0, 0.1) is 5.82 Å². The van der Waals surface area contributed by atoms with Crippen molar-refractivity contribution in [3.8, 4) is 22.7 Å². The van der Waals surface area contributed by atoms with Gasteiger partial charge in [-0.15, -0.1) is 0 Å². The third-order valence-electron chi connectivity index (χ3n) is 8.25. The second kappa shape index (κ2) is 12.7. The van der Waals surface area contributed by atoms with E-state index in [-0.39, 0.29) is 23.4 Å². The number of hydrogen-bond donors (Lipinski definition) is 2. The lowest BCUT2D eigenvalue weighted by atomic mass is 9.91. The molecule has 1 fully saturated rings. The molecule has 13 heteroatoms. The van der Waals surface area contributed by atoms with Crippen molar-refractivity contribution < 1.29 is 23.4 Å². The van der Waals surface area contributed by atoms with Gasteiger partial charge in [0.05, 0.1) is 30.4 Å². The Balaban J connectivity index is 1.10. The van der Waals surface area contributed by atoms with Crippen molar-refractivity contribution in [2.24, 2.45) is 7.05 Å². The zero-order valence-electron chi connectivity index (χ0n) is 26.9. The van der Waals surface area contributed by atoms with Crippen molar-refractivity contribution >= 4 is 17.1 Å².